The summed E-state index contributed by atoms with van der Waals surface area (Å²) in [4.78, 5) is 6.54. The van der Waals surface area contributed by atoms with E-state index in [1.165, 1.54) is 0 Å². The molecule has 0 rings (SSSR count). The lowest BCUT2D eigenvalue weighted by atomic mass is 10.5. The summed E-state index contributed by atoms with van der Waals surface area (Å²) in [6.45, 7) is 7.14. The zero-order valence-electron chi connectivity index (χ0n) is 8.02. The smallest absolute Gasteiger partial charge is 0.0929 e. The lowest BCUT2D eigenvalue weighted by Crippen LogP contribution is -2.22. The number of rotatable bonds is 4. The highest BCUT2D eigenvalue weighted by atomic mass is 15.1. The highest BCUT2D eigenvalue weighted by molar-refractivity contribution is 5.79. The van der Waals surface area contributed by atoms with Crippen LogP contribution in [0.1, 0.15) is 13.8 Å². The molecule has 0 aliphatic rings. The molecule has 1 N–H and O–H groups in total. The topological polar surface area (TPSA) is 27.6 Å². The van der Waals surface area contributed by atoms with E-state index in [4.69, 9.17) is 0 Å². The summed E-state index contributed by atoms with van der Waals surface area (Å²) in [7, 11) is 3.99. The first-order valence-electron chi connectivity index (χ1n) is 4.08. The largest absolute Gasteiger partial charge is 0.377 e. The second kappa shape index (κ2) is 6.16. The second-order valence-electron chi connectivity index (χ2n) is 2.61. The van der Waals surface area contributed by atoms with E-state index in [2.05, 4.69) is 29.2 Å². The van der Waals surface area contributed by atoms with Gasteiger partial charge in [0.15, 0.2) is 0 Å². The standard InChI is InChI=1S/C8H19N3/c1-5-11(4)7-6-10-8(2)9-3/h5-7H2,1-4H3,(H,9,10). The summed E-state index contributed by atoms with van der Waals surface area (Å²) in [6, 6.07) is 0. The van der Waals surface area contributed by atoms with Crippen LogP contribution in [-0.2, 0) is 0 Å². The summed E-state index contributed by atoms with van der Waals surface area (Å²) in [5.41, 5.74) is 0. The number of hydrogen-bond donors (Lipinski definition) is 1. The summed E-state index contributed by atoms with van der Waals surface area (Å²) >= 11 is 0. The van der Waals surface area contributed by atoms with Crippen molar-refractivity contribution in [1.29, 1.82) is 0 Å². The number of likely N-dealkylation sites (N-methyl/N-ethyl adjacent to an activating group) is 1. The minimum atomic E-state index is 0.886. The van der Waals surface area contributed by atoms with Crippen molar-refractivity contribution in [2.24, 2.45) is 4.99 Å². The Labute approximate surface area is 69.5 Å². The molecule has 0 fully saturated rings. The predicted octanol–water partition coefficient (Wildman–Crippen LogP) is 0.576. The first-order valence-corrected chi connectivity index (χ1v) is 4.08. The van der Waals surface area contributed by atoms with Crippen LogP contribution < -0.4 is 5.32 Å². The van der Waals surface area contributed by atoms with Gasteiger partial charge in [-0.25, -0.2) is 0 Å². The lowest BCUT2D eigenvalue weighted by molar-refractivity contribution is 0.363. The lowest BCUT2D eigenvalue weighted by Gasteiger charge is -2.11. The third kappa shape index (κ3) is 5.85. The Kier molecular flexibility index (Phi) is 5.84. The van der Waals surface area contributed by atoms with E-state index in [9.17, 15) is 0 Å². The fraction of sp³-hybridized carbons (Fsp3) is 0.875. The van der Waals surface area contributed by atoms with Crippen LogP contribution in [0.15, 0.2) is 4.99 Å². The number of aliphatic imine (C=N–C) groups is 1. The van der Waals surface area contributed by atoms with E-state index >= 15 is 0 Å². The van der Waals surface area contributed by atoms with Crippen molar-refractivity contribution in [2.75, 3.05) is 33.7 Å². The van der Waals surface area contributed by atoms with Crippen molar-refractivity contribution < 1.29 is 0 Å². The molecule has 3 heteroatoms. The highest BCUT2D eigenvalue weighted by Crippen LogP contribution is 1.81. The molecule has 0 aliphatic carbocycles. The Hall–Kier alpha value is -0.570. The molecule has 0 aliphatic heterocycles. The van der Waals surface area contributed by atoms with Crippen molar-refractivity contribution in [3.63, 3.8) is 0 Å². The first kappa shape index (κ1) is 10.4. The molecule has 0 unspecified atom stereocenters. The number of hydrogen-bond acceptors (Lipinski definition) is 2. The van der Waals surface area contributed by atoms with Crippen molar-refractivity contribution in [3.8, 4) is 0 Å². The van der Waals surface area contributed by atoms with E-state index in [0.29, 0.717) is 0 Å². The molecule has 0 aromatic heterocycles. The molecule has 0 saturated carbocycles. The van der Waals surface area contributed by atoms with Gasteiger partial charge in [0, 0.05) is 13.6 Å². The Morgan fingerprint density at radius 1 is 1.55 bits per heavy atom. The van der Waals surface area contributed by atoms with Crippen LogP contribution in [-0.4, -0.2) is 44.5 Å². The molecule has 0 aromatic rings. The zero-order valence-corrected chi connectivity index (χ0v) is 8.02. The summed E-state index contributed by atoms with van der Waals surface area (Å²) in [6.07, 6.45) is 0. The van der Waals surface area contributed by atoms with Crippen LogP contribution in [0.4, 0.5) is 0 Å². The molecule has 0 aromatic carbocycles. The van der Waals surface area contributed by atoms with Crippen molar-refractivity contribution in [3.05, 3.63) is 0 Å². The van der Waals surface area contributed by atoms with Gasteiger partial charge in [-0.3, -0.25) is 4.99 Å². The highest BCUT2D eigenvalue weighted by Gasteiger charge is 1.91. The van der Waals surface area contributed by atoms with Crippen LogP contribution in [0.3, 0.4) is 0 Å². The Morgan fingerprint density at radius 2 is 2.18 bits per heavy atom. The molecule has 0 bridgehead atoms. The molecular weight excluding hydrogens is 138 g/mol. The average Bonchev–Trinajstić information content (AvgIpc) is 2.04. The molecule has 0 spiro atoms. The van der Waals surface area contributed by atoms with Gasteiger partial charge >= 0.3 is 0 Å². The van der Waals surface area contributed by atoms with E-state index in [1.807, 2.05) is 14.0 Å². The second-order valence-corrected chi connectivity index (χ2v) is 2.61. The Balaban J connectivity index is 3.39. The van der Waals surface area contributed by atoms with Crippen LogP contribution in [0.2, 0.25) is 0 Å². The molecule has 0 amide bonds. The van der Waals surface area contributed by atoms with Crippen LogP contribution in [0, 0.1) is 0 Å². The number of amidine groups is 1. The van der Waals surface area contributed by atoms with Gasteiger partial charge in [-0.2, -0.15) is 0 Å². The number of nitrogens with one attached hydrogen (secondary N) is 1. The maximum atomic E-state index is 4.29. The first-order chi connectivity index (χ1) is 5.20. The minimum Gasteiger partial charge on any atom is -0.377 e. The van der Waals surface area contributed by atoms with Gasteiger partial charge in [-0.05, 0) is 20.5 Å². The van der Waals surface area contributed by atoms with Gasteiger partial charge in [0.1, 0.15) is 0 Å². The van der Waals surface area contributed by atoms with Gasteiger partial charge in [0.05, 0.1) is 12.4 Å². The maximum absolute atomic E-state index is 4.29. The van der Waals surface area contributed by atoms with Crippen molar-refractivity contribution in [1.82, 2.24) is 10.2 Å². The maximum Gasteiger partial charge on any atom is 0.0929 e. The molecule has 0 atom stereocenters. The summed E-state index contributed by atoms with van der Waals surface area (Å²) in [5.74, 6) is 1.01. The van der Waals surface area contributed by atoms with Gasteiger partial charge in [-0.1, -0.05) is 6.92 Å². The van der Waals surface area contributed by atoms with Gasteiger partial charge in [0.2, 0.25) is 0 Å². The molecule has 3 nitrogen and oxygen atoms in total. The normalized spacial score (nSPS) is 12.3. The van der Waals surface area contributed by atoms with Crippen molar-refractivity contribution >= 4 is 5.84 Å². The Bertz CT molecular complexity index is 121. The van der Waals surface area contributed by atoms with E-state index in [1.54, 1.807) is 0 Å². The molecule has 66 valence electrons. The minimum absolute atomic E-state index is 0.886. The monoisotopic (exact) mass is 157 g/mol. The zero-order chi connectivity index (χ0) is 8.69. The molecule has 0 radical (unpaired) electrons. The SMILES string of the molecule is CCN(C)CC/N=C(\C)NC. The van der Waals surface area contributed by atoms with Crippen molar-refractivity contribution in [2.45, 2.75) is 13.8 Å². The molecule has 0 saturated heterocycles. The van der Waals surface area contributed by atoms with Crippen LogP contribution in [0.5, 0.6) is 0 Å². The quantitative estimate of drug-likeness (QED) is 0.477. The average molecular weight is 157 g/mol. The van der Waals surface area contributed by atoms with E-state index < -0.39 is 0 Å². The molecular formula is C8H19N3. The van der Waals surface area contributed by atoms with E-state index in [0.717, 1.165) is 25.5 Å². The fourth-order valence-electron chi connectivity index (χ4n) is 0.626. The van der Waals surface area contributed by atoms with Crippen LogP contribution in [0.25, 0.3) is 0 Å². The number of nitrogens with zero attached hydrogens (tertiary/aromatic N) is 2. The molecule has 0 heterocycles. The van der Waals surface area contributed by atoms with Crippen LogP contribution >= 0.6 is 0 Å². The van der Waals surface area contributed by atoms with Gasteiger partial charge in [0.25, 0.3) is 0 Å². The Morgan fingerprint density at radius 3 is 2.64 bits per heavy atom. The summed E-state index contributed by atoms with van der Waals surface area (Å²) in [5, 5.41) is 2.99. The van der Waals surface area contributed by atoms with Gasteiger partial charge < -0.3 is 10.2 Å². The predicted molar refractivity (Wildman–Crippen MR) is 50.2 cm³/mol. The van der Waals surface area contributed by atoms with E-state index in [-0.39, 0.29) is 0 Å². The van der Waals surface area contributed by atoms with Gasteiger partial charge in [-0.15, -0.1) is 0 Å². The summed E-state index contributed by atoms with van der Waals surface area (Å²) < 4.78 is 0. The third-order valence-corrected chi connectivity index (χ3v) is 1.73. The fourth-order valence-corrected chi connectivity index (χ4v) is 0.626. The molecule has 11 heavy (non-hydrogen) atoms. The third-order valence-electron chi connectivity index (χ3n) is 1.73.